The van der Waals surface area contributed by atoms with E-state index in [-0.39, 0.29) is 17.5 Å². The number of thiophene rings is 1. The number of aromatic nitrogens is 2. The molecule has 1 fully saturated rings. The summed E-state index contributed by atoms with van der Waals surface area (Å²) in [7, 11) is 1.57. The van der Waals surface area contributed by atoms with Crippen LogP contribution < -0.4 is 10.9 Å². The van der Waals surface area contributed by atoms with Gasteiger partial charge in [-0.1, -0.05) is 24.3 Å². The molecule has 1 aromatic carbocycles. The highest BCUT2D eigenvalue weighted by Crippen LogP contribution is 2.28. The van der Waals surface area contributed by atoms with Gasteiger partial charge < -0.3 is 5.32 Å². The monoisotopic (exact) mass is 382 g/mol. The number of nitrogens with one attached hydrogen (secondary N) is 1. The molecule has 3 aromatic rings. The van der Waals surface area contributed by atoms with E-state index in [4.69, 9.17) is 0 Å². The van der Waals surface area contributed by atoms with E-state index in [1.807, 2.05) is 12.1 Å². The van der Waals surface area contributed by atoms with Crippen LogP contribution in [0, 0.1) is 0 Å². The molecule has 3 heterocycles. The zero-order chi connectivity index (χ0) is 18.8. The van der Waals surface area contributed by atoms with Crippen LogP contribution in [0.15, 0.2) is 46.6 Å². The average Bonchev–Trinajstić information content (AvgIpc) is 3.39. The minimum atomic E-state index is -0.248. The Hall–Kier alpha value is -2.51. The molecule has 140 valence electrons. The summed E-state index contributed by atoms with van der Waals surface area (Å²) in [5, 5.41) is 10.4. The Balaban J connectivity index is 1.59. The van der Waals surface area contributed by atoms with E-state index in [0.29, 0.717) is 23.0 Å². The maximum atomic E-state index is 12.9. The van der Waals surface area contributed by atoms with Crippen molar-refractivity contribution < 1.29 is 4.79 Å². The van der Waals surface area contributed by atoms with Gasteiger partial charge in [-0.3, -0.25) is 14.5 Å². The predicted molar refractivity (Wildman–Crippen MR) is 107 cm³/mol. The molecule has 27 heavy (non-hydrogen) atoms. The Kier molecular flexibility index (Phi) is 5.05. The molecule has 1 N–H and O–H groups in total. The van der Waals surface area contributed by atoms with Crippen molar-refractivity contribution in [2.75, 3.05) is 19.6 Å². The SMILES string of the molecule is Cn1nc(C(=O)NC[C@H](c2cccs2)N2CCCC2)c2ccccc2c1=O. The smallest absolute Gasteiger partial charge is 0.274 e. The number of nitrogens with zero attached hydrogens (tertiary/aromatic N) is 3. The first-order chi connectivity index (χ1) is 13.1. The summed E-state index contributed by atoms with van der Waals surface area (Å²) in [4.78, 5) is 28.9. The summed E-state index contributed by atoms with van der Waals surface area (Å²) >= 11 is 1.72. The van der Waals surface area contributed by atoms with Gasteiger partial charge in [-0.2, -0.15) is 5.10 Å². The van der Waals surface area contributed by atoms with Crippen LogP contribution in [0.4, 0.5) is 0 Å². The number of carbonyl (C=O) groups is 1. The first kappa shape index (κ1) is 17.9. The van der Waals surface area contributed by atoms with Gasteiger partial charge in [0.05, 0.1) is 11.4 Å². The summed E-state index contributed by atoms with van der Waals surface area (Å²) in [6, 6.07) is 11.5. The van der Waals surface area contributed by atoms with Gasteiger partial charge in [0.1, 0.15) is 0 Å². The molecule has 7 heteroatoms. The molecule has 0 unspecified atom stereocenters. The molecule has 0 spiro atoms. The van der Waals surface area contributed by atoms with Gasteiger partial charge >= 0.3 is 0 Å². The third-order valence-corrected chi connectivity index (χ3v) is 6.05. The van der Waals surface area contributed by atoms with Gasteiger partial charge in [-0.05, 0) is 43.4 Å². The molecular formula is C20H22N4O2S. The fourth-order valence-corrected chi connectivity index (χ4v) is 4.55. The first-order valence-electron chi connectivity index (χ1n) is 9.17. The van der Waals surface area contributed by atoms with Crippen molar-refractivity contribution in [3.8, 4) is 0 Å². The molecule has 1 aliphatic heterocycles. The molecular weight excluding hydrogens is 360 g/mol. The van der Waals surface area contributed by atoms with E-state index >= 15 is 0 Å². The molecule has 1 aliphatic rings. The van der Waals surface area contributed by atoms with Crippen LogP contribution in [0.1, 0.15) is 34.2 Å². The average molecular weight is 382 g/mol. The van der Waals surface area contributed by atoms with Crippen LogP contribution in [-0.4, -0.2) is 40.2 Å². The van der Waals surface area contributed by atoms with Gasteiger partial charge in [0.2, 0.25) is 0 Å². The lowest BCUT2D eigenvalue weighted by Crippen LogP contribution is -2.37. The summed E-state index contributed by atoms with van der Waals surface area (Å²) in [5.74, 6) is -0.248. The lowest BCUT2D eigenvalue weighted by Gasteiger charge is -2.26. The van der Waals surface area contributed by atoms with Crippen LogP contribution in [0.2, 0.25) is 0 Å². The topological polar surface area (TPSA) is 67.2 Å². The normalized spacial score (nSPS) is 15.9. The maximum absolute atomic E-state index is 12.9. The molecule has 1 atom stereocenters. The van der Waals surface area contributed by atoms with Crippen molar-refractivity contribution >= 4 is 28.0 Å². The standard InChI is InChI=1S/C20H22N4O2S/c1-23-20(26)15-8-3-2-7-14(15)18(22-23)19(25)21-13-16(17-9-6-12-27-17)24-10-4-5-11-24/h2-3,6-9,12,16H,4-5,10-11,13H2,1H3,(H,21,25)/t16-/m1/s1. The second kappa shape index (κ2) is 7.62. The number of carbonyl (C=O) groups excluding carboxylic acids is 1. The Morgan fingerprint density at radius 1 is 1.19 bits per heavy atom. The Labute approximate surface area is 161 Å². The van der Waals surface area contributed by atoms with E-state index in [9.17, 15) is 9.59 Å². The molecule has 1 saturated heterocycles. The summed E-state index contributed by atoms with van der Waals surface area (Å²) in [6.07, 6.45) is 2.39. The summed E-state index contributed by atoms with van der Waals surface area (Å²) < 4.78 is 1.23. The van der Waals surface area contributed by atoms with Crippen LogP contribution in [0.25, 0.3) is 10.8 Å². The fourth-order valence-electron chi connectivity index (χ4n) is 3.68. The van der Waals surface area contributed by atoms with Crippen molar-refractivity contribution in [3.05, 3.63) is 62.7 Å². The number of fused-ring (bicyclic) bond motifs is 1. The van der Waals surface area contributed by atoms with Gasteiger partial charge in [-0.15, -0.1) is 11.3 Å². The fraction of sp³-hybridized carbons (Fsp3) is 0.350. The second-order valence-electron chi connectivity index (χ2n) is 6.81. The largest absolute Gasteiger partial charge is 0.349 e. The van der Waals surface area contributed by atoms with Gasteiger partial charge in [-0.25, -0.2) is 4.68 Å². The number of rotatable bonds is 5. The van der Waals surface area contributed by atoms with Crippen LogP contribution in [0.5, 0.6) is 0 Å². The molecule has 1 amide bonds. The van der Waals surface area contributed by atoms with Crippen LogP contribution >= 0.6 is 11.3 Å². The molecule has 0 saturated carbocycles. The van der Waals surface area contributed by atoms with E-state index in [1.165, 1.54) is 22.4 Å². The summed E-state index contributed by atoms with van der Waals surface area (Å²) in [6.45, 7) is 2.64. The Morgan fingerprint density at radius 3 is 2.63 bits per heavy atom. The zero-order valence-corrected chi connectivity index (χ0v) is 16.0. The van der Waals surface area contributed by atoms with E-state index in [0.717, 1.165) is 13.1 Å². The lowest BCUT2D eigenvalue weighted by atomic mass is 10.1. The third kappa shape index (κ3) is 3.52. The van der Waals surface area contributed by atoms with Gasteiger partial charge in [0.25, 0.3) is 11.5 Å². The van der Waals surface area contributed by atoms with E-state index < -0.39 is 0 Å². The molecule has 0 aliphatic carbocycles. The molecule has 2 aromatic heterocycles. The van der Waals surface area contributed by atoms with Crippen molar-refractivity contribution in [1.29, 1.82) is 0 Å². The Morgan fingerprint density at radius 2 is 1.93 bits per heavy atom. The highest BCUT2D eigenvalue weighted by Gasteiger charge is 2.25. The third-order valence-electron chi connectivity index (χ3n) is 5.08. The number of likely N-dealkylation sites (tertiary alicyclic amines) is 1. The van der Waals surface area contributed by atoms with E-state index in [2.05, 4.69) is 26.8 Å². The molecule has 0 bridgehead atoms. The lowest BCUT2D eigenvalue weighted by molar-refractivity contribution is 0.0933. The number of amides is 1. The van der Waals surface area contributed by atoms with Gasteiger partial charge in [0, 0.05) is 23.9 Å². The van der Waals surface area contributed by atoms with Crippen LogP contribution in [-0.2, 0) is 7.05 Å². The number of benzene rings is 1. The van der Waals surface area contributed by atoms with Crippen LogP contribution in [0.3, 0.4) is 0 Å². The Bertz CT molecular complexity index is 1010. The number of aryl methyl sites for hydroxylation is 1. The number of hydrogen-bond acceptors (Lipinski definition) is 5. The quantitative estimate of drug-likeness (QED) is 0.736. The summed E-state index contributed by atoms with van der Waals surface area (Å²) in [5.41, 5.74) is 0.0923. The van der Waals surface area contributed by atoms with Crippen molar-refractivity contribution in [2.45, 2.75) is 18.9 Å². The van der Waals surface area contributed by atoms with Crippen molar-refractivity contribution in [3.63, 3.8) is 0 Å². The van der Waals surface area contributed by atoms with E-state index in [1.54, 1.807) is 36.6 Å². The minimum absolute atomic E-state index is 0.176. The van der Waals surface area contributed by atoms with Crippen molar-refractivity contribution in [1.82, 2.24) is 20.0 Å². The van der Waals surface area contributed by atoms with Gasteiger partial charge in [0.15, 0.2) is 5.69 Å². The zero-order valence-electron chi connectivity index (χ0n) is 15.2. The van der Waals surface area contributed by atoms with Crippen molar-refractivity contribution in [2.24, 2.45) is 7.05 Å². The predicted octanol–water partition coefficient (Wildman–Crippen LogP) is 2.56. The highest BCUT2D eigenvalue weighted by molar-refractivity contribution is 7.10. The highest BCUT2D eigenvalue weighted by atomic mass is 32.1. The molecule has 0 radical (unpaired) electrons. The minimum Gasteiger partial charge on any atom is -0.349 e. The number of hydrogen-bond donors (Lipinski definition) is 1. The second-order valence-corrected chi connectivity index (χ2v) is 7.79. The molecule has 6 nitrogen and oxygen atoms in total. The maximum Gasteiger partial charge on any atom is 0.274 e. The molecule has 4 rings (SSSR count). The first-order valence-corrected chi connectivity index (χ1v) is 10.0.